The molecule has 5 rings (SSSR count). The fourth-order valence-electron chi connectivity index (χ4n) is 4.55. The van der Waals surface area contributed by atoms with E-state index in [-0.39, 0.29) is 18.2 Å². The third-order valence-electron chi connectivity index (χ3n) is 6.32. The lowest BCUT2D eigenvalue weighted by Crippen LogP contribution is -2.38. The number of hydrogen-bond acceptors (Lipinski definition) is 5. The van der Waals surface area contributed by atoms with Gasteiger partial charge in [-0.3, -0.25) is 14.3 Å². The van der Waals surface area contributed by atoms with Crippen molar-refractivity contribution in [3.63, 3.8) is 0 Å². The first-order chi connectivity index (χ1) is 13.9. The molecule has 0 N–H and O–H groups in total. The Kier molecular flexibility index (Phi) is 4.01. The van der Waals surface area contributed by atoms with Crippen molar-refractivity contribution in [2.45, 2.75) is 39.8 Å². The zero-order chi connectivity index (χ0) is 20.3. The fourth-order valence-corrected chi connectivity index (χ4v) is 4.55. The van der Waals surface area contributed by atoms with Crippen molar-refractivity contribution in [2.24, 2.45) is 11.8 Å². The van der Waals surface area contributed by atoms with Crippen LogP contribution in [0.5, 0.6) is 0 Å². The van der Waals surface area contributed by atoms with Crippen LogP contribution >= 0.6 is 0 Å². The van der Waals surface area contributed by atoms with Crippen molar-refractivity contribution < 1.29 is 9.59 Å². The van der Waals surface area contributed by atoms with E-state index in [1.165, 1.54) is 13.3 Å². The van der Waals surface area contributed by atoms with Gasteiger partial charge in [0.1, 0.15) is 18.1 Å². The van der Waals surface area contributed by atoms with Crippen molar-refractivity contribution >= 4 is 22.6 Å². The van der Waals surface area contributed by atoms with Crippen LogP contribution in [0.25, 0.3) is 22.0 Å². The molecule has 148 valence electrons. The number of piperidine rings is 1. The van der Waals surface area contributed by atoms with Gasteiger partial charge in [-0.15, -0.1) is 0 Å². The SMILES string of the molecule is CC(=O)c1nn(CC(=O)N2C[C@@H]3C[C@@H]3[C@@H]2C)c2ccc(-c3cnc(C)nc3)cc12. The van der Waals surface area contributed by atoms with Gasteiger partial charge in [-0.1, -0.05) is 6.07 Å². The number of benzene rings is 1. The highest BCUT2D eigenvalue weighted by molar-refractivity contribution is 6.06. The number of hydrogen-bond donors (Lipinski definition) is 0. The molecule has 0 radical (unpaired) electrons. The molecule has 1 saturated carbocycles. The smallest absolute Gasteiger partial charge is 0.244 e. The number of carbonyl (C=O) groups excluding carboxylic acids is 2. The van der Waals surface area contributed by atoms with Crippen LogP contribution in [0.4, 0.5) is 0 Å². The summed E-state index contributed by atoms with van der Waals surface area (Å²) in [5, 5.41) is 5.24. The topological polar surface area (TPSA) is 81.0 Å². The van der Waals surface area contributed by atoms with Gasteiger partial charge in [-0.05, 0) is 49.8 Å². The largest absolute Gasteiger partial charge is 0.338 e. The minimum atomic E-state index is -0.116. The maximum absolute atomic E-state index is 12.9. The van der Waals surface area contributed by atoms with Gasteiger partial charge >= 0.3 is 0 Å². The third-order valence-corrected chi connectivity index (χ3v) is 6.32. The van der Waals surface area contributed by atoms with Crippen LogP contribution in [0.15, 0.2) is 30.6 Å². The van der Waals surface area contributed by atoms with Crippen LogP contribution in [0, 0.1) is 18.8 Å². The van der Waals surface area contributed by atoms with Crippen LogP contribution in [0.2, 0.25) is 0 Å². The molecule has 1 aliphatic heterocycles. The van der Waals surface area contributed by atoms with Gasteiger partial charge in [0.25, 0.3) is 0 Å². The summed E-state index contributed by atoms with van der Waals surface area (Å²) in [5.74, 6) is 2.00. The number of aromatic nitrogens is 4. The lowest BCUT2D eigenvalue weighted by Gasteiger charge is -2.24. The quantitative estimate of drug-likeness (QED) is 0.641. The number of likely N-dealkylation sites (tertiary alicyclic amines) is 1. The maximum atomic E-state index is 12.9. The zero-order valence-electron chi connectivity index (χ0n) is 16.8. The fraction of sp³-hybridized carbons (Fsp3) is 0.409. The normalized spacial score (nSPS) is 22.7. The van der Waals surface area contributed by atoms with Crippen molar-refractivity contribution in [1.29, 1.82) is 0 Å². The molecule has 0 unspecified atom stereocenters. The van der Waals surface area contributed by atoms with Crippen molar-refractivity contribution in [3.8, 4) is 11.1 Å². The van der Waals surface area contributed by atoms with Gasteiger partial charge in [0.05, 0.1) is 5.52 Å². The summed E-state index contributed by atoms with van der Waals surface area (Å²) in [6, 6.07) is 6.11. The van der Waals surface area contributed by atoms with Crippen molar-refractivity contribution in [3.05, 3.63) is 42.1 Å². The Morgan fingerprint density at radius 1 is 1.17 bits per heavy atom. The van der Waals surface area contributed by atoms with Gasteiger partial charge in [-0.25, -0.2) is 9.97 Å². The summed E-state index contributed by atoms with van der Waals surface area (Å²) in [6.07, 6.45) is 4.78. The molecule has 1 aromatic carbocycles. The molecule has 3 heterocycles. The molecule has 7 heteroatoms. The van der Waals surface area contributed by atoms with Crippen LogP contribution in [0.3, 0.4) is 0 Å². The average Bonchev–Trinajstić information content (AvgIpc) is 3.29. The minimum Gasteiger partial charge on any atom is -0.338 e. The second kappa shape index (κ2) is 6.47. The van der Waals surface area contributed by atoms with Crippen LogP contribution in [-0.2, 0) is 11.3 Å². The van der Waals surface area contributed by atoms with E-state index in [9.17, 15) is 9.59 Å². The third kappa shape index (κ3) is 3.01. The first kappa shape index (κ1) is 18.0. The van der Waals surface area contributed by atoms with E-state index in [0.717, 1.165) is 28.6 Å². The van der Waals surface area contributed by atoms with Crippen molar-refractivity contribution in [2.75, 3.05) is 6.54 Å². The molecule has 0 bridgehead atoms. The Bertz CT molecular complexity index is 1130. The number of rotatable bonds is 4. The Balaban J connectivity index is 1.50. The van der Waals surface area contributed by atoms with Crippen LogP contribution in [0.1, 0.15) is 36.6 Å². The lowest BCUT2D eigenvalue weighted by molar-refractivity contribution is -0.133. The molecule has 2 aliphatic rings. The van der Waals surface area contributed by atoms with E-state index in [2.05, 4.69) is 22.0 Å². The second-order valence-corrected chi connectivity index (χ2v) is 8.26. The number of fused-ring (bicyclic) bond motifs is 2. The van der Waals surface area contributed by atoms with E-state index >= 15 is 0 Å². The average molecular weight is 389 g/mol. The van der Waals surface area contributed by atoms with Gasteiger partial charge < -0.3 is 4.90 Å². The predicted octanol–water partition coefficient (Wildman–Crippen LogP) is 2.87. The summed E-state index contributed by atoms with van der Waals surface area (Å²) in [6.45, 7) is 6.48. The highest BCUT2D eigenvalue weighted by Gasteiger charge is 2.51. The van der Waals surface area contributed by atoms with E-state index < -0.39 is 0 Å². The molecule has 2 fully saturated rings. The number of nitrogens with zero attached hydrogens (tertiary/aromatic N) is 5. The molecule has 1 aliphatic carbocycles. The summed E-state index contributed by atoms with van der Waals surface area (Å²) in [4.78, 5) is 35.6. The second-order valence-electron chi connectivity index (χ2n) is 8.26. The van der Waals surface area contributed by atoms with Crippen molar-refractivity contribution in [1.82, 2.24) is 24.6 Å². The lowest BCUT2D eigenvalue weighted by atomic mass is 10.0. The molecule has 2 aromatic heterocycles. The summed E-state index contributed by atoms with van der Waals surface area (Å²) in [7, 11) is 0. The maximum Gasteiger partial charge on any atom is 0.244 e. The van der Waals surface area contributed by atoms with Crippen LogP contribution in [-0.4, -0.2) is 48.9 Å². The molecule has 3 aromatic rings. The number of ketones is 1. The van der Waals surface area contributed by atoms with Gasteiger partial charge in [0.15, 0.2) is 5.78 Å². The Labute approximate surface area is 168 Å². The molecule has 1 amide bonds. The summed E-state index contributed by atoms with van der Waals surface area (Å²) < 4.78 is 1.67. The molecule has 3 atom stereocenters. The highest BCUT2D eigenvalue weighted by atomic mass is 16.2. The Morgan fingerprint density at radius 2 is 1.93 bits per heavy atom. The predicted molar refractivity (Wildman–Crippen MR) is 108 cm³/mol. The monoisotopic (exact) mass is 389 g/mol. The highest BCUT2D eigenvalue weighted by Crippen LogP contribution is 2.49. The Hall–Kier alpha value is -3.09. The standard InChI is InChI=1S/C22H23N5O2/c1-12-18-7-16(18)10-26(12)21(29)11-27-20-5-4-15(17-8-23-14(3)24-9-17)6-19(20)22(25-27)13(2)28/h4-6,8-9,12,16,18H,7,10-11H2,1-3H3/t12-,16-,18+/m0/s1. The van der Waals surface area contributed by atoms with E-state index in [4.69, 9.17) is 0 Å². The molecule has 0 spiro atoms. The zero-order valence-corrected chi connectivity index (χ0v) is 16.8. The van der Waals surface area contributed by atoms with E-state index in [1.807, 2.05) is 30.0 Å². The van der Waals surface area contributed by atoms with Crippen LogP contribution < -0.4 is 0 Å². The Morgan fingerprint density at radius 3 is 2.59 bits per heavy atom. The van der Waals surface area contributed by atoms with Gasteiger partial charge in [0, 0.05) is 42.9 Å². The van der Waals surface area contributed by atoms with Gasteiger partial charge in [0.2, 0.25) is 5.91 Å². The first-order valence-corrected chi connectivity index (χ1v) is 10.0. The molecule has 7 nitrogen and oxygen atoms in total. The number of carbonyl (C=O) groups is 2. The number of aryl methyl sites for hydroxylation is 1. The summed E-state index contributed by atoms with van der Waals surface area (Å²) >= 11 is 0. The molecule has 29 heavy (non-hydrogen) atoms. The number of amides is 1. The first-order valence-electron chi connectivity index (χ1n) is 10.0. The van der Waals surface area contributed by atoms with Gasteiger partial charge in [-0.2, -0.15) is 5.10 Å². The van der Waals surface area contributed by atoms with E-state index in [1.54, 1.807) is 17.1 Å². The summed E-state index contributed by atoms with van der Waals surface area (Å²) in [5.41, 5.74) is 2.97. The molecular weight excluding hydrogens is 366 g/mol. The minimum absolute atomic E-state index is 0.0696. The molecular formula is C22H23N5O2. The van der Waals surface area contributed by atoms with E-state index in [0.29, 0.717) is 29.4 Å². The number of Topliss-reactive ketones (excluding diaryl/α,β-unsaturated/α-hetero) is 1. The molecule has 1 saturated heterocycles.